The van der Waals surface area contributed by atoms with E-state index >= 15 is 0 Å². The molecule has 0 fully saturated rings. The van der Waals surface area contributed by atoms with E-state index in [4.69, 9.17) is 10.5 Å². The number of anilines is 1. The van der Waals surface area contributed by atoms with Crippen molar-refractivity contribution in [3.05, 3.63) is 42.5 Å². The predicted molar refractivity (Wildman–Crippen MR) is 70.4 cm³/mol. The highest BCUT2D eigenvalue weighted by atomic mass is 32.2. The van der Waals surface area contributed by atoms with Gasteiger partial charge in [0.1, 0.15) is 5.03 Å². The van der Waals surface area contributed by atoms with E-state index in [0.29, 0.717) is 12.5 Å². The Balaban J connectivity index is 2.12. The second-order valence-corrected chi connectivity index (χ2v) is 4.51. The molecule has 0 amide bonds. The fourth-order valence-electron chi connectivity index (χ4n) is 1.34. The molecule has 3 nitrogen and oxygen atoms in total. The third-order valence-corrected chi connectivity index (χ3v) is 3.04. The van der Waals surface area contributed by atoms with Gasteiger partial charge in [-0.1, -0.05) is 17.8 Å². The summed E-state index contributed by atoms with van der Waals surface area (Å²) >= 11 is 1.59. The Morgan fingerprint density at radius 2 is 1.94 bits per heavy atom. The highest BCUT2D eigenvalue weighted by Gasteiger charge is 2.00. The van der Waals surface area contributed by atoms with Crippen molar-refractivity contribution in [2.24, 2.45) is 0 Å². The monoisotopic (exact) mass is 246 g/mol. The molecular weight excluding hydrogens is 232 g/mol. The zero-order valence-corrected chi connectivity index (χ0v) is 10.4. The van der Waals surface area contributed by atoms with Crippen LogP contribution in [0.3, 0.4) is 0 Å². The summed E-state index contributed by atoms with van der Waals surface area (Å²) in [4.78, 5) is 5.50. The van der Waals surface area contributed by atoms with Crippen molar-refractivity contribution in [3.8, 4) is 5.88 Å². The summed E-state index contributed by atoms with van der Waals surface area (Å²) in [5.74, 6) is 0.660. The van der Waals surface area contributed by atoms with Crippen LogP contribution in [-0.2, 0) is 0 Å². The minimum Gasteiger partial charge on any atom is -0.478 e. The standard InChI is InChI=1S/C13H14N2OS/c1-2-16-12-4-3-5-13(15-12)17-11-8-6-10(14)7-9-11/h3-9H,2,14H2,1H3. The van der Waals surface area contributed by atoms with Crippen LogP contribution in [-0.4, -0.2) is 11.6 Å². The predicted octanol–water partition coefficient (Wildman–Crippen LogP) is 3.21. The Bertz CT molecular complexity index is 485. The molecule has 88 valence electrons. The molecule has 0 bridgehead atoms. The number of rotatable bonds is 4. The molecule has 17 heavy (non-hydrogen) atoms. The Labute approximate surface area is 105 Å². The van der Waals surface area contributed by atoms with Gasteiger partial charge < -0.3 is 10.5 Å². The lowest BCUT2D eigenvalue weighted by atomic mass is 10.3. The van der Waals surface area contributed by atoms with Gasteiger partial charge in [-0.15, -0.1) is 0 Å². The SMILES string of the molecule is CCOc1cccc(Sc2ccc(N)cc2)n1. The van der Waals surface area contributed by atoms with Gasteiger partial charge in [-0.25, -0.2) is 4.98 Å². The van der Waals surface area contributed by atoms with E-state index in [9.17, 15) is 0 Å². The van der Waals surface area contributed by atoms with Gasteiger partial charge in [-0.05, 0) is 37.3 Å². The molecule has 0 radical (unpaired) electrons. The zero-order chi connectivity index (χ0) is 12.1. The second kappa shape index (κ2) is 5.59. The lowest BCUT2D eigenvalue weighted by Crippen LogP contribution is -1.94. The number of nitrogens with two attached hydrogens (primary N) is 1. The average molecular weight is 246 g/mol. The highest BCUT2D eigenvalue weighted by Crippen LogP contribution is 2.27. The molecule has 0 unspecified atom stereocenters. The third kappa shape index (κ3) is 3.39. The molecule has 1 aromatic carbocycles. The summed E-state index contributed by atoms with van der Waals surface area (Å²) in [7, 11) is 0. The normalized spacial score (nSPS) is 10.2. The molecule has 1 heterocycles. The van der Waals surface area contributed by atoms with Crippen molar-refractivity contribution in [1.82, 2.24) is 4.98 Å². The summed E-state index contributed by atoms with van der Waals surface area (Å²) in [5.41, 5.74) is 6.41. The zero-order valence-electron chi connectivity index (χ0n) is 9.59. The number of nitrogen functional groups attached to an aromatic ring is 1. The van der Waals surface area contributed by atoms with Gasteiger partial charge in [-0.2, -0.15) is 0 Å². The second-order valence-electron chi connectivity index (χ2n) is 3.42. The van der Waals surface area contributed by atoms with E-state index in [-0.39, 0.29) is 0 Å². The number of hydrogen-bond donors (Lipinski definition) is 1. The molecule has 0 saturated heterocycles. The van der Waals surface area contributed by atoms with E-state index in [1.807, 2.05) is 49.4 Å². The first kappa shape index (κ1) is 11.8. The maximum absolute atomic E-state index is 5.64. The number of aromatic nitrogens is 1. The number of ether oxygens (including phenoxy) is 1. The first-order valence-corrected chi connectivity index (χ1v) is 6.23. The molecule has 0 aliphatic rings. The van der Waals surface area contributed by atoms with Crippen LogP contribution in [0.1, 0.15) is 6.92 Å². The topological polar surface area (TPSA) is 48.1 Å². The van der Waals surface area contributed by atoms with Gasteiger partial charge in [0.25, 0.3) is 0 Å². The van der Waals surface area contributed by atoms with Crippen LogP contribution < -0.4 is 10.5 Å². The average Bonchev–Trinajstić information content (AvgIpc) is 2.33. The van der Waals surface area contributed by atoms with E-state index < -0.39 is 0 Å². The van der Waals surface area contributed by atoms with Crippen LogP contribution >= 0.6 is 11.8 Å². The molecule has 2 rings (SSSR count). The molecule has 0 aliphatic carbocycles. The lowest BCUT2D eigenvalue weighted by molar-refractivity contribution is 0.324. The fraction of sp³-hybridized carbons (Fsp3) is 0.154. The van der Waals surface area contributed by atoms with E-state index in [0.717, 1.165) is 15.6 Å². The van der Waals surface area contributed by atoms with Crippen molar-refractivity contribution < 1.29 is 4.74 Å². The lowest BCUT2D eigenvalue weighted by Gasteiger charge is -2.04. The van der Waals surface area contributed by atoms with Gasteiger partial charge in [0.15, 0.2) is 0 Å². The first-order chi connectivity index (χ1) is 8.28. The summed E-state index contributed by atoms with van der Waals surface area (Å²) in [6, 6.07) is 13.5. The van der Waals surface area contributed by atoms with Gasteiger partial charge in [-0.3, -0.25) is 0 Å². The van der Waals surface area contributed by atoms with Gasteiger partial charge in [0, 0.05) is 16.6 Å². The maximum atomic E-state index is 5.64. The molecule has 0 saturated carbocycles. The molecule has 1 aromatic heterocycles. The smallest absolute Gasteiger partial charge is 0.214 e. The van der Waals surface area contributed by atoms with Gasteiger partial charge in [0.2, 0.25) is 5.88 Å². The molecule has 2 N–H and O–H groups in total. The molecule has 2 aromatic rings. The highest BCUT2D eigenvalue weighted by molar-refractivity contribution is 7.99. The third-order valence-electron chi connectivity index (χ3n) is 2.09. The van der Waals surface area contributed by atoms with E-state index in [1.165, 1.54) is 0 Å². The van der Waals surface area contributed by atoms with E-state index in [1.54, 1.807) is 11.8 Å². The Morgan fingerprint density at radius 3 is 2.65 bits per heavy atom. The number of pyridine rings is 1. The number of nitrogens with zero attached hydrogens (tertiary/aromatic N) is 1. The van der Waals surface area contributed by atoms with Crippen molar-refractivity contribution >= 4 is 17.4 Å². The summed E-state index contributed by atoms with van der Waals surface area (Å²) < 4.78 is 5.36. The van der Waals surface area contributed by atoms with Crippen molar-refractivity contribution in [3.63, 3.8) is 0 Å². The quantitative estimate of drug-likeness (QED) is 0.841. The van der Waals surface area contributed by atoms with Crippen LogP contribution in [0.4, 0.5) is 5.69 Å². The van der Waals surface area contributed by atoms with Crippen LogP contribution in [0.2, 0.25) is 0 Å². The maximum Gasteiger partial charge on any atom is 0.214 e. The Morgan fingerprint density at radius 1 is 1.18 bits per heavy atom. The minimum atomic E-state index is 0.628. The molecule has 0 atom stereocenters. The van der Waals surface area contributed by atoms with Crippen molar-refractivity contribution in [2.45, 2.75) is 16.8 Å². The summed E-state index contributed by atoms with van der Waals surface area (Å²) in [6.45, 7) is 2.57. The largest absolute Gasteiger partial charge is 0.478 e. The molecule has 0 spiro atoms. The molecule has 4 heteroatoms. The summed E-state index contributed by atoms with van der Waals surface area (Å²) in [6.07, 6.45) is 0. The van der Waals surface area contributed by atoms with Crippen LogP contribution in [0.25, 0.3) is 0 Å². The van der Waals surface area contributed by atoms with Crippen molar-refractivity contribution in [1.29, 1.82) is 0 Å². The Hall–Kier alpha value is -1.68. The van der Waals surface area contributed by atoms with E-state index in [2.05, 4.69) is 4.98 Å². The van der Waals surface area contributed by atoms with Gasteiger partial charge >= 0.3 is 0 Å². The number of hydrogen-bond acceptors (Lipinski definition) is 4. The molecule has 0 aliphatic heterocycles. The number of benzene rings is 1. The first-order valence-electron chi connectivity index (χ1n) is 5.41. The van der Waals surface area contributed by atoms with Crippen LogP contribution in [0, 0.1) is 0 Å². The Kier molecular flexibility index (Phi) is 3.88. The van der Waals surface area contributed by atoms with Gasteiger partial charge in [0.05, 0.1) is 6.61 Å². The summed E-state index contributed by atoms with van der Waals surface area (Å²) in [5, 5.41) is 0.917. The van der Waals surface area contributed by atoms with Crippen LogP contribution in [0.15, 0.2) is 52.4 Å². The fourth-order valence-corrected chi connectivity index (χ4v) is 2.13. The molecular formula is C13H14N2OS. The van der Waals surface area contributed by atoms with Crippen molar-refractivity contribution in [2.75, 3.05) is 12.3 Å². The minimum absolute atomic E-state index is 0.628. The van der Waals surface area contributed by atoms with Crippen LogP contribution in [0.5, 0.6) is 5.88 Å².